The molecule has 0 amide bonds. The summed E-state index contributed by atoms with van der Waals surface area (Å²) in [6, 6.07) is 9.92. The lowest BCUT2D eigenvalue weighted by Crippen LogP contribution is -2.33. The summed E-state index contributed by atoms with van der Waals surface area (Å²) in [6.45, 7) is 11.4. The van der Waals surface area contributed by atoms with Gasteiger partial charge < -0.3 is 4.74 Å². The van der Waals surface area contributed by atoms with Gasteiger partial charge in [0, 0.05) is 21.4 Å². The molecule has 2 aromatic rings. The number of thioether (sulfide) groups is 1. The highest BCUT2D eigenvalue weighted by Crippen LogP contribution is 2.50. The molecule has 0 saturated carbocycles. The zero-order valence-electron chi connectivity index (χ0n) is 16.6. The van der Waals surface area contributed by atoms with E-state index in [-0.39, 0.29) is 16.1 Å². The van der Waals surface area contributed by atoms with Gasteiger partial charge in [-0.05, 0) is 54.5 Å². The molecule has 3 rings (SSSR count). The van der Waals surface area contributed by atoms with Crippen molar-refractivity contribution < 1.29 is 9.53 Å². The quantitative estimate of drug-likeness (QED) is 0.530. The van der Waals surface area contributed by atoms with Crippen LogP contribution in [0, 0.1) is 11.8 Å². The van der Waals surface area contributed by atoms with Gasteiger partial charge in [-0.2, -0.15) is 0 Å². The van der Waals surface area contributed by atoms with Gasteiger partial charge in [0.05, 0.1) is 12.2 Å². The first-order valence-corrected chi connectivity index (χ1v) is 10.0. The molecule has 4 heteroatoms. The van der Waals surface area contributed by atoms with Crippen molar-refractivity contribution in [1.82, 2.24) is 4.98 Å². The lowest BCUT2D eigenvalue weighted by atomic mass is 9.77. The minimum atomic E-state index is -0.360. The Morgan fingerprint density at radius 2 is 1.96 bits per heavy atom. The summed E-state index contributed by atoms with van der Waals surface area (Å²) in [5.41, 5.74) is 3.62. The van der Waals surface area contributed by atoms with Gasteiger partial charge in [-0.25, -0.2) is 9.78 Å². The third-order valence-electron chi connectivity index (χ3n) is 4.57. The van der Waals surface area contributed by atoms with Gasteiger partial charge in [0.2, 0.25) is 0 Å². The van der Waals surface area contributed by atoms with Crippen LogP contribution in [0.1, 0.15) is 68.2 Å². The van der Waals surface area contributed by atoms with Gasteiger partial charge in [0.25, 0.3) is 0 Å². The molecule has 0 unspecified atom stereocenters. The van der Waals surface area contributed by atoms with Crippen LogP contribution in [0.25, 0.3) is 0 Å². The number of aromatic nitrogens is 1. The maximum absolute atomic E-state index is 11.7. The van der Waals surface area contributed by atoms with E-state index >= 15 is 0 Å². The molecule has 0 bridgehead atoms. The minimum absolute atomic E-state index is 0.167. The summed E-state index contributed by atoms with van der Waals surface area (Å²) in [6.07, 6.45) is 2.66. The number of nitrogens with zero attached hydrogens (tertiary/aromatic N) is 1. The second-order valence-electron chi connectivity index (χ2n) is 8.04. The molecule has 1 aromatic heterocycles. The third-order valence-corrected chi connectivity index (χ3v) is 5.83. The molecule has 0 aliphatic carbocycles. The molecule has 0 fully saturated rings. The Labute approximate surface area is 165 Å². The van der Waals surface area contributed by atoms with Crippen LogP contribution in [0.15, 0.2) is 41.4 Å². The average Bonchev–Trinajstić information content (AvgIpc) is 2.58. The molecule has 0 atom stereocenters. The number of hydrogen-bond acceptors (Lipinski definition) is 4. The van der Waals surface area contributed by atoms with Crippen LogP contribution in [-0.2, 0) is 10.2 Å². The van der Waals surface area contributed by atoms with E-state index in [2.05, 4.69) is 62.7 Å². The smallest absolute Gasteiger partial charge is 0.339 e. The van der Waals surface area contributed by atoms with Gasteiger partial charge in [0.15, 0.2) is 0 Å². The number of hydrogen-bond donors (Lipinski definition) is 0. The molecular weight excluding hydrogens is 354 g/mol. The Bertz CT molecular complexity index is 918. The van der Waals surface area contributed by atoms with Gasteiger partial charge >= 0.3 is 5.97 Å². The van der Waals surface area contributed by atoms with E-state index in [9.17, 15) is 4.79 Å². The summed E-state index contributed by atoms with van der Waals surface area (Å²) < 4.78 is 5.18. The van der Waals surface area contributed by atoms with E-state index in [0.717, 1.165) is 12.0 Å². The largest absolute Gasteiger partial charge is 0.462 e. The first-order chi connectivity index (χ1) is 12.7. The fourth-order valence-electron chi connectivity index (χ4n) is 3.68. The lowest BCUT2D eigenvalue weighted by molar-refractivity contribution is 0.0526. The zero-order chi connectivity index (χ0) is 19.7. The molecule has 0 saturated heterocycles. The molecule has 1 aliphatic heterocycles. The normalized spacial score (nSPS) is 16.6. The minimum Gasteiger partial charge on any atom is -0.462 e. The number of pyridine rings is 1. The molecule has 1 aromatic carbocycles. The van der Waals surface area contributed by atoms with E-state index in [1.165, 1.54) is 16.7 Å². The van der Waals surface area contributed by atoms with Crippen LogP contribution < -0.4 is 0 Å². The Hall–Kier alpha value is -2.25. The van der Waals surface area contributed by atoms with Gasteiger partial charge in [-0.1, -0.05) is 39.7 Å². The number of carbonyl (C=O) groups is 1. The highest BCUT2D eigenvalue weighted by Gasteiger charge is 2.37. The van der Waals surface area contributed by atoms with Crippen LogP contribution in [0.3, 0.4) is 0 Å². The monoisotopic (exact) mass is 379 g/mol. The van der Waals surface area contributed by atoms with Crippen molar-refractivity contribution in [2.24, 2.45) is 0 Å². The number of fused-ring (bicyclic) bond motifs is 1. The molecule has 140 valence electrons. The van der Waals surface area contributed by atoms with Gasteiger partial charge in [-0.3, -0.25) is 0 Å². The standard InChI is InChI=1S/C23H25NO2S/c1-6-26-21(25)17-9-11-18(24-14-17)10-7-16-8-12-19-20(13-16)27-23(4,5)15-22(19,2)3/h8-9,11-14H,6,15H2,1-5H3. The Morgan fingerprint density at radius 1 is 1.19 bits per heavy atom. The first-order valence-electron chi connectivity index (χ1n) is 9.19. The fraction of sp³-hybridized carbons (Fsp3) is 0.391. The van der Waals surface area contributed by atoms with Crippen molar-refractivity contribution in [3.8, 4) is 11.8 Å². The van der Waals surface area contributed by atoms with E-state index < -0.39 is 0 Å². The lowest BCUT2D eigenvalue weighted by Gasteiger charge is -2.41. The summed E-state index contributed by atoms with van der Waals surface area (Å²) in [5, 5.41) is 0. The number of carbonyl (C=O) groups excluding carboxylic acids is 1. The zero-order valence-corrected chi connectivity index (χ0v) is 17.4. The number of benzene rings is 1. The van der Waals surface area contributed by atoms with Gasteiger partial charge in [0.1, 0.15) is 5.69 Å². The second kappa shape index (κ2) is 7.40. The van der Waals surface area contributed by atoms with E-state index in [1.807, 2.05) is 11.8 Å². The van der Waals surface area contributed by atoms with Crippen LogP contribution >= 0.6 is 11.8 Å². The number of ether oxygens (including phenoxy) is 1. The highest BCUT2D eigenvalue weighted by molar-refractivity contribution is 8.00. The van der Waals surface area contributed by atoms with E-state index in [1.54, 1.807) is 19.1 Å². The summed E-state index contributed by atoms with van der Waals surface area (Å²) in [7, 11) is 0. The highest BCUT2D eigenvalue weighted by atomic mass is 32.2. The Morgan fingerprint density at radius 3 is 2.63 bits per heavy atom. The Kier molecular flexibility index (Phi) is 5.35. The third kappa shape index (κ3) is 4.54. The number of esters is 1. The molecular formula is C23H25NO2S. The molecule has 0 spiro atoms. The molecule has 2 heterocycles. The predicted octanol–water partition coefficient (Wildman–Crippen LogP) is 5.21. The van der Waals surface area contributed by atoms with Gasteiger partial charge in [-0.15, -0.1) is 11.8 Å². The Balaban J connectivity index is 1.83. The topological polar surface area (TPSA) is 39.2 Å². The van der Waals surface area contributed by atoms with Crippen molar-refractivity contribution in [2.75, 3.05) is 6.61 Å². The summed E-state index contributed by atoms with van der Waals surface area (Å²) >= 11 is 1.93. The maximum Gasteiger partial charge on any atom is 0.339 e. The van der Waals surface area contributed by atoms with Crippen molar-refractivity contribution in [3.05, 3.63) is 58.9 Å². The number of rotatable bonds is 2. The fourth-order valence-corrected chi connectivity index (χ4v) is 5.34. The predicted molar refractivity (Wildman–Crippen MR) is 110 cm³/mol. The van der Waals surface area contributed by atoms with Crippen LogP contribution in [0.5, 0.6) is 0 Å². The SMILES string of the molecule is CCOC(=O)c1ccc(C#Cc2ccc3c(c2)SC(C)(C)CC3(C)C)nc1. The van der Waals surface area contributed by atoms with Crippen molar-refractivity contribution >= 4 is 17.7 Å². The maximum atomic E-state index is 11.7. The molecule has 0 radical (unpaired) electrons. The summed E-state index contributed by atoms with van der Waals surface area (Å²) in [5.74, 6) is 5.92. The van der Waals surface area contributed by atoms with E-state index in [0.29, 0.717) is 17.9 Å². The van der Waals surface area contributed by atoms with E-state index in [4.69, 9.17) is 4.74 Å². The molecule has 3 nitrogen and oxygen atoms in total. The molecule has 0 N–H and O–H groups in total. The summed E-state index contributed by atoms with van der Waals surface area (Å²) in [4.78, 5) is 17.2. The van der Waals surface area contributed by atoms with Crippen LogP contribution in [0.4, 0.5) is 0 Å². The van der Waals surface area contributed by atoms with Crippen molar-refractivity contribution in [3.63, 3.8) is 0 Å². The van der Waals surface area contributed by atoms with Crippen LogP contribution in [-0.4, -0.2) is 22.3 Å². The van der Waals surface area contributed by atoms with Crippen LogP contribution in [0.2, 0.25) is 0 Å². The molecule has 1 aliphatic rings. The van der Waals surface area contributed by atoms with Crippen molar-refractivity contribution in [1.29, 1.82) is 0 Å². The first kappa shape index (κ1) is 19.5. The second-order valence-corrected chi connectivity index (χ2v) is 9.79. The average molecular weight is 380 g/mol. The molecule has 27 heavy (non-hydrogen) atoms. The van der Waals surface area contributed by atoms with Crippen molar-refractivity contribution in [2.45, 2.75) is 56.1 Å².